The topological polar surface area (TPSA) is 92.3 Å². The lowest BCUT2D eigenvalue weighted by Gasteiger charge is -2.13. The van der Waals surface area contributed by atoms with Crippen molar-refractivity contribution in [1.29, 1.82) is 0 Å². The van der Waals surface area contributed by atoms with Crippen LogP contribution in [0.3, 0.4) is 0 Å². The normalized spacial score (nSPS) is 9.93. The molecule has 8 nitrogen and oxygen atoms in total. The van der Waals surface area contributed by atoms with E-state index < -0.39 is 18.5 Å². The molecule has 0 fully saturated rings. The van der Waals surface area contributed by atoms with Crippen molar-refractivity contribution in [2.24, 2.45) is 0 Å². The van der Waals surface area contributed by atoms with Gasteiger partial charge in [-0.2, -0.15) is 0 Å². The Bertz CT molecular complexity index is 775. The van der Waals surface area contributed by atoms with Crippen LogP contribution in [-0.4, -0.2) is 46.9 Å². The number of hydrogen-bond acceptors (Lipinski definition) is 7. The van der Waals surface area contributed by atoms with Crippen LogP contribution in [-0.2, 0) is 9.53 Å². The van der Waals surface area contributed by atoms with Crippen molar-refractivity contribution in [1.82, 2.24) is 0 Å². The van der Waals surface area contributed by atoms with Crippen LogP contribution in [0.2, 0.25) is 0 Å². The van der Waals surface area contributed by atoms with Crippen LogP contribution in [0.1, 0.15) is 10.4 Å². The largest absolute Gasteiger partial charge is 0.497 e. The maximum absolute atomic E-state index is 12.4. The molecule has 144 valence electrons. The van der Waals surface area contributed by atoms with Gasteiger partial charge in [0.1, 0.15) is 28.6 Å². The zero-order chi connectivity index (χ0) is 19.8. The first-order valence-electron chi connectivity index (χ1n) is 7.93. The number of anilines is 1. The molecule has 0 atom stereocenters. The summed E-state index contributed by atoms with van der Waals surface area (Å²) < 4.78 is 25.7. The van der Waals surface area contributed by atoms with E-state index in [9.17, 15) is 9.59 Å². The molecule has 0 aliphatic carbocycles. The van der Waals surface area contributed by atoms with E-state index in [1.807, 2.05) is 0 Å². The summed E-state index contributed by atoms with van der Waals surface area (Å²) >= 11 is 0. The second kappa shape index (κ2) is 9.33. The van der Waals surface area contributed by atoms with Gasteiger partial charge in [-0.3, -0.25) is 4.79 Å². The van der Waals surface area contributed by atoms with Gasteiger partial charge in [-0.15, -0.1) is 0 Å². The first kappa shape index (κ1) is 19.9. The fourth-order valence-corrected chi connectivity index (χ4v) is 2.33. The molecule has 0 radical (unpaired) electrons. The molecule has 2 rings (SSSR count). The van der Waals surface area contributed by atoms with Gasteiger partial charge < -0.3 is 29.0 Å². The molecular formula is C19H21NO7. The van der Waals surface area contributed by atoms with Crippen molar-refractivity contribution < 1.29 is 33.3 Å². The Hall–Kier alpha value is -3.42. The van der Waals surface area contributed by atoms with Gasteiger partial charge in [0, 0.05) is 23.9 Å². The summed E-state index contributed by atoms with van der Waals surface area (Å²) in [5.41, 5.74) is 0.556. The third kappa shape index (κ3) is 5.04. The van der Waals surface area contributed by atoms with E-state index >= 15 is 0 Å². The highest BCUT2D eigenvalue weighted by atomic mass is 16.5. The Kier molecular flexibility index (Phi) is 6.87. The zero-order valence-electron chi connectivity index (χ0n) is 15.5. The molecular weight excluding hydrogens is 354 g/mol. The Labute approximate surface area is 156 Å². The molecule has 0 aliphatic rings. The standard InChI is InChI=1S/C19H21NO7/c1-23-13-8-12(9-14(10-13)24-2)20-17(21)11-27-19(22)18-15(25-3)6-5-7-16(18)26-4/h5-10H,11H2,1-4H3,(H,20,21). The van der Waals surface area contributed by atoms with Crippen molar-refractivity contribution in [2.45, 2.75) is 0 Å². The van der Waals surface area contributed by atoms with E-state index in [-0.39, 0.29) is 17.1 Å². The van der Waals surface area contributed by atoms with Crippen molar-refractivity contribution in [3.63, 3.8) is 0 Å². The number of hydrogen-bond donors (Lipinski definition) is 1. The van der Waals surface area contributed by atoms with E-state index in [1.165, 1.54) is 28.4 Å². The van der Waals surface area contributed by atoms with Crippen LogP contribution in [0.15, 0.2) is 36.4 Å². The van der Waals surface area contributed by atoms with Crippen LogP contribution in [0.4, 0.5) is 5.69 Å². The second-order valence-electron chi connectivity index (χ2n) is 5.26. The number of carbonyl (C=O) groups is 2. The number of benzene rings is 2. The van der Waals surface area contributed by atoms with Gasteiger partial charge in [-0.25, -0.2) is 4.79 Å². The number of ether oxygens (including phenoxy) is 5. The van der Waals surface area contributed by atoms with Crippen molar-refractivity contribution in [3.8, 4) is 23.0 Å². The molecule has 0 aliphatic heterocycles. The predicted octanol–water partition coefficient (Wildman–Crippen LogP) is 2.52. The number of carbonyl (C=O) groups excluding carboxylic acids is 2. The van der Waals surface area contributed by atoms with Gasteiger partial charge in [-0.05, 0) is 12.1 Å². The van der Waals surface area contributed by atoms with Crippen LogP contribution >= 0.6 is 0 Å². The molecule has 1 amide bonds. The predicted molar refractivity (Wildman–Crippen MR) is 98.0 cm³/mol. The minimum absolute atomic E-state index is 0.110. The van der Waals surface area contributed by atoms with Gasteiger partial charge in [-0.1, -0.05) is 6.07 Å². The molecule has 0 aromatic heterocycles. The van der Waals surface area contributed by atoms with Gasteiger partial charge in [0.2, 0.25) is 0 Å². The van der Waals surface area contributed by atoms with Crippen LogP contribution in [0, 0.1) is 0 Å². The molecule has 0 unspecified atom stereocenters. The van der Waals surface area contributed by atoms with Crippen LogP contribution < -0.4 is 24.3 Å². The molecule has 0 spiro atoms. The Morgan fingerprint density at radius 1 is 0.852 bits per heavy atom. The molecule has 0 bridgehead atoms. The maximum Gasteiger partial charge on any atom is 0.346 e. The molecule has 2 aromatic carbocycles. The summed E-state index contributed by atoms with van der Waals surface area (Å²) in [7, 11) is 5.86. The fraction of sp³-hybridized carbons (Fsp3) is 0.263. The Balaban J connectivity index is 2.05. The van der Waals surface area contributed by atoms with Crippen molar-refractivity contribution in [2.75, 3.05) is 40.4 Å². The Morgan fingerprint density at radius 2 is 1.41 bits per heavy atom. The first-order chi connectivity index (χ1) is 13.0. The van der Waals surface area contributed by atoms with E-state index in [0.717, 1.165) is 0 Å². The monoisotopic (exact) mass is 375 g/mol. The molecule has 0 saturated carbocycles. The third-order valence-corrected chi connectivity index (χ3v) is 3.60. The SMILES string of the molecule is COc1cc(NC(=O)COC(=O)c2c(OC)cccc2OC)cc(OC)c1. The zero-order valence-corrected chi connectivity index (χ0v) is 15.5. The summed E-state index contributed by atoms with van der Waals surface area (Å²) in [6.07, 6.45) is 0. The minimum atomic E-state index is -0.734. The summed E-state index contributed by atoms with van der Waals surface area (Å²) in [6, 6.07) is 9.78. The lowest BCUT2D eigenvalue weighted by Crippen LogP contribution is -2.21. The highest BCUT2D eigenvalue weighted by Gasteiger charge is 2.20. The molecule has 1 N–H and O–H groups in total. The number of nitrogens with one attached hydrogen (secondary N) is 1. The number of methoxy groups -OCH3 is 4. The third-order valence-electron chi connectivity index (χ3n) is 3.60. The van der Waals surface area contributed by atoms with Crippen molar-refractivity contribution >= 4 is 17.6 Å². The average molecular weight is 375 g/mol. The molecule has 27 heavy (non-hydrogen) atoms. The molecule has 8 heteroatoms. The molecule has 2 aromatic rings. The summed E-state index contributed by atoms with van der Waals surface area (Å²) in [4.78, 5) is 24.5. The van der Waals surface area contributed by atoms with E-state index in [2.05, 4.69) is 5.32 Å². The maximum atomic E-state index is 12.4. The quantitative estimate of drug-likeness (QED) is 0.709. The average Bonchev–Trinajstić information content (AvgIpc) is 2.70. The van der Waals surface area contributed by atoms with Crippen molar-refractivity contribution in [3.05, 3.63) is 42.0 Å². The van der Waals surface area contributed by atoms with E-state index in [1.54, 1.807) is 36.4 Å². The van der Waals surface area contributed by atoms with Gasteiger partial charge in [0.25, 0.3) is 5.91 Å². The van der Waals surface area contributed by atoms with E-state index in [4.69, 9.17) is 23.7 Å². The highest BCUT2D eigenvalue weighted by molar-refractivity contribution is 5.98. The van der Waals surface area contributed by atoms with E-state index in [0.29, 0.717) is 17.2 Å². The second-order valence-corrected chi connectivity index (χ2v) is 5.26. The number of rotatable bonds is 8. The number of esters is 1. The summed E-state index contributed by atoms with van der Waals surface area (Å²) in [6.45, 7) is -0.487. The first-order valence-corrected chi connectivity index (χ1v) is 7.93. The molecule has 0 heterocycles. The lowest BCUT2D eigenvalue weighted by atomic mass is 10.2. The molecule has 0 saturated heterocycles. The van der Waals surface area contributed by atoms with Gasteiger partial charge >= 0.3 is 5.97 Å². The Morgan fingerprint density at radius 3 is 1.89 bits per heavy atom. The fourth-order valence-electron chi connectivity index (χ4n) is 2.33. The highest BCUT2D eigenvalue weighted by Crippen LogP contribution is 2.29. The van der Waals surface area contributed by atoms with Crippen LogP contribution in [0.5, 0.6) is 23.0 Å². The van der Waals surface area contributed by atoms with Gasteiger partial charge in [0.15, 0.2) is 6.61 Å². The van der Waals surface area contributed by atoms with Gasteiger partial charge in [0.05, 0.1) is 28.4 Å². The number of amides is 1. The summed E-state index contributed by atoms with van der Waals surface area (Å²) in [5, 5.41) is 2.62. The lowest BCUT2D eigenvalue weighted by molar-refractivity contribution is -0.119. The summed E-state index contributed by atoms with van der Waals surface area (Å²) in [5.74, 6) is 0.352. The van der Waals surface area contributed by atoms with Crippen LogP contribution in [0.25, 0.3) is 0 Å². The minimum Gasteiger partial charge on any atom is -0.497 e. The smallest absolute Gasteiger partial charge is 0.346 e.